The number of rotatable bonds is 5. The molecule has 0 radical (unpaired) electrons. The number of hydrogen-bond donors (Lipinski definition) is 2. The molecular formula is C12H16N2O4. The van der Waals surface area contributed by atoms with E-state index in [1.54, 1.807) is 24.3 Å². The molecule has 1 aromatic carbocycles. The highest BCUT2D eigenvalue weighted by molar-refractivity contribution is 5.89. The molecule has 0 heterocycles. The van der Waals surface area contributed by atoms with Gasteiger partial charge in [-0.3, -0.25) is 0 Å². The molecule has 0 atom stereocenters. The van der Waals surface area contributed by atoms with E-state index in [9.17, 15) is 9.59 Å². The van der Waals surface area contributed by atoms with E-state index in [1.165, 1.54) is 14.2 Å². The lowest BCUT2D eigenvalue weighted by molar-refractivity contribution is 0.0600. The number of hydrogen-bond acceptors (Lipinski definition) is 4. The van der Waals surface area contributed by atoms with E-state index in [2.05, 4.69) is 15.4 Å². The average Bonchev–Trinajstić information content (AvgIpc) is 2.42. The molecule has 2 amide bonds. The highest BCUT2D eigenvalue weighted by Gasteiger charge is 2.04. The van der Waals surface area contributed by atoms with Crippen molar-refractivity contribution in [2.24, 2.45) is 0 Å². The minimum atomic E-state index is -0.382. The number of ether oxygens (including phenoxy) is 2. The van der Waals surface area contributed by atoms with Crippen molar-refractivity contribution in [3.05, 3.63) is 35.4 Å². The van der Waals surface area contributed by atoms with Crippen LogP contribution in [-0.2, 0) is 16.0 Å². The van der Waals surface area contributed by atoms with Gasteiger partial charge < -0.3 is 20.1 Å². The zero-order valence-electron chi connectivity index (χ0n) is 10.4. The molecule has 0 unspecified atom stereocenters. The second kappa shape index (κ2) is 7.29. The Hall–Kier alpha value is -2.08. The number of amides is 2. The summed E-state index contributed by atoms with van der Waals surface area (Å²) in [4.78, 5) is 22.4. The molecule has 0 saturated heterocycles. The van der Waals surface area contributed by atoms with Crippen molar-refractivity contribution < 1.29 is 19.1 Å². The maximum atomic E-state index is 11.2. The molecule has 0 bridgehead atoms. The van der Waals surface area contributed by atoms with Gasteiger partial charge in [0.2, 0.25) is 0 Å². The summed E-state index contributed by atoms with van der Waals surface area (Å²) >= 11 is 0. The van der Waals surface area contributed by atoms with E-state index < -0.39 is 0 Å². The number of urea groups is 1. The maximum Gasteiger partial charge on any atom is 0.337 e. The molecule has 1 rings (SSSR count). The molecule has 1 aromatic rings. The summed E-state index contributed by atoms with van der Waals surface area (Å²) in [6.07, 6.45) is 0. The molecule has 0 aliphatic heterocycles. The highest BCUT2D eigenvalue weighted by Crippen LogP contribution is 2.05. The van der Waals surface area contributed by atoms with Crippen LogP contribution in [0.15, 0.2) is 24.3 Å². The highest BCUT2D eigenvalue weighted by atomic mass is 16.5. The van der Waals surface area contributed by atoms with Crippen LogP contribution in [0.1, 0.15) is 15.9 Å². The average molecular weight is 252 g/mol. The van der Waals surface area contributed by atoms with Crippen LogP contribution >= 0.6 is 0 Å². The topological polar surface area (TPSA) is 76.7 Å². The lowest BCUT2D eigenvalue weighted by Crippen LogP contribution is -2.36. The van der Waals surface area contributed by atoms with Gasteiger partial charge in [-0.15, -0.1) is 0 Å². The Labute approximate surface area is 105 Å². The van der Waals surface area contributed by atoms with Crippen molar-refractivity contribution >= 4 is 12.0 Å². The molecule has 0 aliphatic rings. The van der Waals surface area contributed by atoms with Crippen LogP contribution in [0.4, 0.5) is 4.79 Å². The molecule has 0 spiro atoms. The predicted molar refractivity (Wildman–Crippen MR) is 65.0 cm³/mol. The van der Waals surface area contributed by atoms with Gasteiger partial charge in [-0.25, -0.2) is 9.59 Å². The first-order valence-electron chi connectivity index (χ1n) is 5.35. The second-order valence-electron chi connectivity index (χ2n) is 3.48. The lowest BCUT2D eigenvalue weighted by atomic mass is 10.1. The van der Waals surface area contributed by atoms with E-state index in [-0.39, 0.29) is 18.7 Å². The van der Waals surface area contributed by atoms with Crippen LogP contribution in [0.25, 0.3) is 0 Å². The fourth-order valence-corrected chi connectivity index (χ4v) is 1.26. The smallest absolute Gasteiger partial charge is 0.337 e. The fraction of sp³-hybridized carbons (Fsp3) is 0.333. The van der Waals surface area contributed by atoms with Crippen molar-refractivity contribution in [3.8, 4) is 0 Å². The molecule has 0 aliphatic carbocycles. The van der Waals surface area contributed by atoms with Gasteiger partial charge in [0, 0.05) is 13.7 Å². The first kappa shape index (κ1) is 14.0. The molecule has 0 saturated carbocycles. The van der Waals surface area contributed by atoms with Crippen LogP contribution in [0, 0.1) is 0 Å². The SMILES string of the molecule is COCNC(=O)NCc1ccc(C(=O)OC)cc1. The monoisotopic (exact) mass is 252 g/mol. The third-order valence-corrected chi connectivity index (χ3v) is 2.21. The van der Waals surface area contributed by atoms with Crippen molar-refractivity contribution in [2.75, 3.05) is 21.0 Å². The van der Waals surface area contributed by atoms with E-state index in [4.69, 9.17) is 4.74 Å². The Balaban J connectivity index is 2.44. The van der Waals surface area contributed by atoms with Gasteiger partial charge in [0.15, 0.2) is 0 Å². The molecule has 6 nitrogen and oxygen atoms in total. The van der Waals surface area contributed by atoms with Gasteiger partial charge in [0.1, 0.15) is 6.73 Å². The number of nitrogens with one attached hydrogen (secondary N) is 2. The zero-order valence-corrected chi connectivity index (χ0v) is 10.4. The Morgan fingerprint density at radius 2 is 1.78 bits per heavy atom. The zero-order chi connectivity index (χ0) is 13.4. The third-order valence-electron chi connectivity index (χ3n) is 2.21. The van der Waals surface area contributed by atoms with Crippen molar-refractivity contribution in [1.82, 2.24) is 10.6 Å². The summed E-state index contributed by atoms with van der Waals surface area (Å²) in [5.74, 6) is -0.382. The van der Waals surface area contributed by atoms with Crippen molar-refractivity contribution in [3.63, 3.8) is 0 Å². The molecule has 18 heavy (non-hydrogen) atoms. The largest absolute Gasteiger partial charge is 0.465 e. The molecule has 2 N–H and O–H groups in total. The third kappa shape index (κ3) is 4.42. The van der Waals surface area contributed by atoms with Crippen molar-refractivity contribution in [1.29, 1.82) is 0 Å². The Bertz CT molecular complexity index is 403. The van der Waals surface area contributed by atoms with Crippen LogP contribution in [-0.4, -0.2) is 33.0 Å². The quantitative estimate of drug-likeness (QED) is 0.602. The minimum Gasteiger partial charge on any atom is -0.465 e. The van der Waals surface area contributed by atoms with Crippen LogP contribution < -0.4 is 10.6 Å². The normalized spacial score (nSPS) is 9.67. The number of carbonyl (C=O) groups is 2. The number of methoxy groups -OCH3 is 2. The van der Waals surface area contributed by atoms with E-state index in [0.29, 0.717) is 12.1 Å². The minimum absolute atomic E-state index is 0.160. The van der Waals surface area contributed by atoms with Gasteiger partial charge in [-0.1, -0.05) is 12.1 Å². The molecule has 98 valence electrons. The summed E-state index contributed by atoms with van der Waals surface area (Å²) in [7, 11) is 2.82. The number of benzene rings is 1. The van der Waals surface area contributed by atoms with Crippen molar-refractivity contribution in [2.45, 2.75) is 6.54 Å². The number of carbonyl (C=O) groups excluding carboxylic acids is 2. The molecule has 0 aromatic heterocycles. The van der Waals surface area contributed by atoms with Gasteiger partial charge >= 0.3 is 12.0 Å². The molecular weight excluding hydrogens is 236 g/mol. The van der Waals surface area contributed by atoms with Crippen LogP contribution in [0.2, 0.25) is 0 Å². The first-order chi connectivity index (χ1) is 8.67. The second-order valence-corrected chi connectivity index (χ2v) is 3.48. The Morgan fingerprint density at radius 1 is 1.11 bits per heavy atom. The van der Waals surface area contributed by atoms with E-state index in [1.807, 2.05) is 0 Å². The van der Waals surface area contributed by atoms with Crippen LogP contribution in [0.5, 0.6) is 0 Å². The summed E-state index contributed by atoms with van der Waals surface area (Å²) < 4.78 is 9.28. The molecule has 6 heteroatoms. The van der Waals surface area contributed by atoms with Gasteiger partial charge in [-0.2, -0.15) is 0 Å². The maximum absolute atomic E-state index is 11.2. The van der Waals surface area contributed by atoms with Crippen LogP contribution in [0.3, 0.4) is 0 Å². The van der Waals surface area contributed by atoms with Gasteiger partial charge in [0.25, 0.3) is 0 Å². The van der Waals surface area contributed by atoms with E-state index >= 15 is 0 Å². The Kier molecular flexibility index (Phi) is 5.66. The standard InChI is InChI=1S/C12H16N2O4/c1-17-8-14-12(16)13-7-9-3-5-10(6-4-9)11(15)18-2/h3-6H,7-8H2,1-2H3,(H2,13,14,16). The first-order valence-corrected chi connectivity index (χ1v) is 5.35. The van der Waals surface area contributed by atoms with E-state index in [0.717, 1.165) is 5.56 Å². The summed E-state index contributed by atoms with van der Waals surface area (Å²) in [5.41, 5.74) is 1.36. The predicted octanol–water partition coefficient (Wildman–Crippen LogP) is 0.876. The summed E-state index contributed by atoms with van der Waals surface area (Å²) in [6, 6.07) is 6.49. The lowest BCUT2D eigenvalue weighted by Gasteiger charge is -2.07. The number of esters is 1. The van der Waals surface area contributed by atoms with Gasteiger partial charge in [-0.05, 0) is 17.7 Å². The summed E-state index contributed by atoms with van der Waals surface area (Å²) in [6.45, 7) is 0.532. The van der Waals surface area contributed by atoms with Gasteiger partial charge in [0.05, 0.1) is 12.7 Å². The Morgan fingerprint density at radius 3 is 2.33 bits per heavy atom. The fourth-order valence-electron chi connectivity index (χ4n) is 1.26. The molecule has 0 fully saturated rings. The summed E-state index contributed by atoms with van der Waals surface area (Å²) in [5, 5.41) is 5.15.